The van der Waals surface area contributed by atoms with Crippen LogP contribution in [0.15, 0.2) is 60.7 Å². The lowest BCUT2D eigenvalue weighted by Gasteiger charge is -2.51. The molecule has 5 N–H and O–H groups in total. The summed E-state index contributed by atoms with van der Waals surface area (Å²) in [6, 6.07) is 21.5. The van der Waals surface area contributed by atoms with Gasteiger partial charge in [-0.1, -0.05) is 115 Å². The summed E-state index contributed by atoms with van der Waals surface area (Å²) in [7, 11) is 3.72. The zero-order chi connectivity index (χ0) is 61.6. The van der Waals surface area contributed by atoms with Gasteiger partial charge < -0.3 is 63.8 Å². The number of rotatable bonds is 23. The molecule has 15 nitrogen and oxygen atoms in total. The third-order valence-corrected chi connectivity index (χ3v) is 25.5. The van der Waals surface area contributed by atoms with E-state index in [0.717, 1.165) is 51.7 Å². The van der Waals surface area contributed by atoms with Crippen molar-refractivity contribution in [3.05, 3.63) is 60.7 Å². The lowest BCUT2D eigenvalue weighted by Crippen LogP contribution is -2.61. The highest BCUT2D eigenvalue weighted by Gasteiger charge is 2.56. The summed E-state index contributed by atoms with van der Waals surface area (Å²) in [6.45, 7) is 19.6. The van der Waals surface area contributed by atoms with Gasteiger partial charge in [0.2, 0.25) is 5.91 Å². The van der Waals surface area contributed by atoms with Gasteiger partial charge >= 0.3 is 5.97 Å². The number of aliphatic hydroxyl groups excluding tert-OH is 3. The van der Waals surface area contributed by atoms with Crippen LogP contribution in [0, 0.1) is 23.7 Å². The number of carbonyl (C=O) groups is 2. The van der Waals surface area contributed by atoms with E-state index in [1.54, 1.807) is 39.5 Å². The molecule has 2 aromatic carbocycles. The number of methoxy groups -OCH3 is 1. The smallest absolute Gasteiger partial charge is 0.309 e. The molecule has 84 heavy (non-hydrogen) atoms. The summed E-state index contributed by atoms with van der Waals surface area (Å²) in [6.07, 6.45) is 8.30. The van der Waals surface area contributed by atoms with E-state index in [9.17, 15) is 35.1 Å². The van der Waals surface area contributed by atoms with Crippen LogP contribution < -0.4 is 10.6 Å². The molecule has 4 heterocycles. The highest BCUT2D eigenvalue weighted by molar-refractivity contribution is 7.90. The Balaban J connectivity index is 1.10. The maximum absolute atomic E-state index is 14.8. The molecule has 4 saturated heterocycles. The number of ether oxygens (including phenoxy) is 6. The number of aliphatic hydroxyl groups is 5. The Morgan fingerprint density at radius 2 is 1.31 bits per heavy atom. The van der Waals surface area contributed by atoms with E-state index in [2.05, 4.69) is 60.7 Å². The van der Waals surface area contributed by atoms with Crippen LogP contribution in [0.3, 0.4) is 0 Å². The molecule has 16 heteroatoms. The molecule has 4 fully saturated rings. The topological polar surface area (TPSA) is 197 Å². The molecule has 0 bridgehead atoms. The summed E-state index contributed by atoms with van der Waals surface area (Å²) in [5.41, 5.74) is -4.05. The lowest BCUT2D eigenvalue weighted by atomic mass is 9.68. The molecular weight excluding hydrogens is 1080 g/mol. The maximum atomic E-state index is 14.8. The molecule has 0 spiro atoms. The predicted octanol–water partition coefficient (Wildman–Crippen LogP) is 9.60. The second-order valence-electron chi connectivity index (χ2n) is 27.1. The fourth-order valence-corrected chi connectivity index (χ4v) is 20.5. The SMILES string of the molecule is CC[C@H]1OC(=O)[C@H](C)[C@@H](C2C[C@@](C)(OC)[C@@H](O)[C@H](C)O2)[C@H](C)[C@@H](O[C@@H]2O[C@H](C)C[C@H](N(C)C)[C@H]2O)[C@](C)(O)C[C@@H](C)CN(C(=O)CCCCCCCCCCCCC[P+](c2ccccc2)(c2ccccc2)C2CCOCC2)[C@H](C)[C@@H](O)[C@]1(C)O. The van der Waals surface area contributed by atoms with Gasteiger partial charge in [0.25, 0.3) is 0 Å². The molecule has 478 valence electrons. The molecular formula is C68H114N2O13P+. The van der Waals surface area contributed by atoms with Crippen molar-refractivity contribution >= 4 is 29.7 Å². The van der Waals surface area contributed by atoms with Gasteiger partial charge in [-0.05, 0) is 130 Å². The van der Waals surface area contributed by atoms with E-state index in [4.69, 9.17) is 28.4 Å². The highest BCUT2D eigenvalue weighted by atomic mass is 31.2. The average molecular weight is 1200 g/mol. The third kappa shape index (κ3) is 17.4. The van der Waals surface area contributed by atoms with Crippen LogP contribution in [0.4, 0.5) is 0 Å². The molecule has 1 unspecified atom stereocenters. The molecule has 18 atom stereocenters. The van der Waals surface area contributed by atoms with Gasteiger partial charge in [-0.2, -0.15) is 0 Å². The van der Waals surface area contributed by atoms with E-state index < -0.39 is 103 Å². The Hall–Kier alpha value is -2.63. The monoisotopic (exact) mass is 1200 g/mol. The molecule has 2 aromatic rings. The number of carbonyl (C=O) groups excluding carboxylic acids is 2. The normalized spacial score (nSPS) is 36.4. The van der Waals surface area contributed by atoms with Gasteiger partial charge in [-0.3, -0.25) is 9.59 Å². The summed E-state index contributed by atoms with van der Waals surface area (Å²) >= 11 is 0. The van der Waals surface area contributed by atoms with Crippen molar-refractivity contribution in [2.45, 2.75) is 274 Å². The Bertz CT molecular complexity index is 2210. The van der Waals surface area contributed by atoms with Crippen molar-refractivity contribution in [1.29, 1.82) is 0 Å². The van der Waals surface area contributed by atoms with Crippen LogP contribution in [0.25, 0.3) is 0 Å². The number of esters is 1. The largest absolute Gasteiger partial charge is 0.459 e. The van der Waals surface area contributed by atoms with Gasteiger partial charge in [0.15, 0.2) is 6.29 Å². The highest BCUT2D eigenvalue weighted by Crippen LogP contribution is 2.64. The van der Waals surface area contributed by atoms with E-state index >= 15 is 0 Å². The molecule has 0 aliphatic carbocycles. The first-order valence-corrected chi connectivity index (χ1v) is 34.6. The zero-order valence-corrected chi connectivity index (χ0v) is 54.8. The van der Waals surface area contributed by atoms with Crippen LogP contribution in [-0.2, 0) is 38.0 Å². The van der Waals surface area contributed by atoms with Gasteiger partial charge in [0.1, 0.15) is 30.0 Å². The van der Waals surface area contributed by atoms with Gasteiger partial charge in [0.05, 0.1) is 90.5 Å². The maximum Gasteiger partial charge on any atom is 0.309 e. The second-order valence-corrected chi connectivity index (χ2v) is 31.1. The molecule has 4 aliphatic heterocycles. The average Bonchev–Trinajstić information content (AvgIpc) is 2.09. The second kappa shape index (κ2) is 32.2. The minimum atomic E-state index is -1.98. The van der Waals surface area contributed by atoms with Crippen molar-refractivity contribution in [2.75, 3.05) is 47.1 Å². The molecule has 1 amide bonds. The van der Waals surface area contributed by atoms with Crippen molar-refractivity contribution in [3.8, 4) is 0 Å². The molecule has 6 rings (SSSR count). The molecule has 4 aliphatic rings. The number of hydrogen-bond acceptors (Lipinski definition) is 14. The van der Waals surface area contributed by atoms with E-state index in [1.807, 2.05) is 46.7 Å². The standard InChI is InChI=1S/C68H114N2O13P/c1-14-57-68(10,77)61(73)50(6)70(58(71)36-30-22-20-18-16-15-17-19-21-23-31-41-84(52-32-26-24-27-33-52,53-34-28-25-29-35-53)54-37-39-79-40-38-54)45-46(2)43-66(8,76)63(83-65-60(72)55(69(11)12)42-47(3)80-65)48(4)59(49(5)64(75)82-57)56-44-67(9,78-13)62(74)51(7)81-56/h24-29,32-35,46-51,54-57,59-63,65,72-74,76-77H,14-23,30-31,36-45H2,1-13H3/q+1/t46-,47-,48+,49-,50-,51+,55+,56?,57-,59+,60-,61-,62+,63-,65+,66-,67-,68-/m1/s1. The van der Waals surface area contributed by atoms with Crippen LogP contribution in [0.5, 0.6) is 0 Å². The summed E-state index contributed by atoms with van der Waals surface area (Å²) < 4.78 is 38.1. The van der Waals surface area contributed by atoms with E-state index in [-0.39, 0.29) is 56.2 Å². The quantitative estimate of drug-likeness (QED) is 0.0401. The third-order valence-electron chi connectivity index (χ3n) is 20.2. The molecule has 0 aromatic heterocycles. The van der Waals surface area contributed by atoms with Crippen molar-refractivity contribution < 1.29 is 63.5 Å². The Kier molecular flexibility index (Phi) is 27.0. The summed E-state index contributed by atoms with van der Waals surface area (Å²) in [5.74, 6) is -3.59. The first-order valence-electron chi connectivity index (χ1n) is 32.6. The minimum Gasteiger partial charge on any atom is -0.459 e. The molecule has 0 radical (unpaired) electrons. The number of cyclic esters (lactones) is 1. The van der Waals surface area contributed by atoms with E-state index in [1.165, 1.54) is 69.3 Å². The fraction of sp³-hybridized carbons (Fsp3) is 0.794. The fourth-order valence-electron chi connectivity index (χ4n) is 15.3. The predicted molar refractivity (Wildman–Crippen MR) is 335 cm³/mol. The van der Waals surface area contributed by atoms with Crippen molar-refractivity contribution in [2.24, 2.45) is 23.7 Å². The number of benzene rings is 2. The number of unbranched alkanes of at least 4 members (excludes halogenated alkanes) is 10. The van der Waals surface area contributed by atoms with E-state index in [0.29, 0.717) is 18.5 Å². The molecule has 0 saturated carbocycles. The Labute approximate surface area is 506 Å². The van der Waals surface area contributed by atoms with Gasteiger partial charge in [-0.15, -0.1) is 0 Å². The van der Waals surface area contributed by atoms with Crippen LogP contribution in [0.2, 0.25) is 0 Å². The first kappa shape index (κ1) is 70.5. The van der Waals surface area contributed by atoms with Gasteiger partial charge in [-0.25, -0.2) is 0 Å². The van der Waals surface area contributed by atoms with Crippen molar-refractivity contribution in [3.63, 3.8) is 0 Å². The summed E-state index contributed by atoms with van der Waals surface area (Å²) in [4.78, 5) is 33.0. The number of likely N-dealkylation sites (N-methyl/N-ethyl adjacent to an activating group) is 1. The first-order chi connectivity index (χ1) is 39.8. The summed E-state index contributed by atoms with van der Waals surface area (Å²) in [5, 5.41) is 64.0. The number of nitrogens with zero attached hydrogens (tertiary/aromatic N) is 2. The number of hydrogen-bond donors (Lipinski definition) is 5. The van der Waals surface area contributed by atoms with Crippen LogP contribution in [-0.4, -0.2) is 184 Å². The van der Waals surface area contributed by atoms with Crippen LogP contribution in [0.1, 0.15) is 185 Å². The Morgan fingerprint density at radius 3 is 1.85 bits per heavy atom. The minimum absolute atomic E-state index is 0.112. The van der Waals surface area contributed by atoms with Crippen molar-refractivity contribution in [1.82, 2.24) is 9.80 Å². The number of amides is 1. The zero-order valence-electron chi connectivity index (χ0n) is 53.9. The lowest BCUT2D eigenvalue weighted by molar-refractivity contribution is -0.302. The van der Waals surface area contributed by atoms with Gasteiger partial charge in [0, 0.05) is 51.3 Å². The van der Waals surface area contributed by atoms with Crippen LogP contribution >= 0.6 is 7.26 Å². The Morgan fingerprint density at radius 1 is 0.762 bits per heavy atom.